The molecule has 0 radical (unpaired) electrons. The SMILES string of the molecule is CCNC(=NCC(c1ccco1)N(C)C)NCCc1ccccc1OC.I. The van der Waals surface area contributed by atoms with Gasteiger partial charge in [0.05, 0.1) is 26.0 Å². The Morgan fingerprint density at radius 1 is 1.19 bits per heavy atom. The van der Waals surface area contributed by atoms with E-state index in [0.717, 1.165) is 37.0 Å². The maximum atomic E-state index is 5.55. The normalized spacial score (nSPS) is 12.4. The van der Waals surface area contributed by atoms with Gasteiger partial charge in [0.25, 0.3) is 0 Å². The first-order valence-electron chi connectivity index (χ1n) is 8.99. The van der Waals surface area contributed by atoms with Gasteiger partial charge in [0.15, 0.2) is 5.96 Å². The molecule has 0 amide bonds. The molecule has 0 saturated heterocycles. The van der Waals surface area contributed by atoms with Crippen LogP contribution in [0.3, 0.4) is 0 Å². The van der Waals surface area contributed by atoms with Crippen LogP contribution in [0, 0.1) is 0 Å². The first-order chi connectivity index (χ1) is 12.7. The van der Waals surface area contributed by atoms with E-state index in [1.54, 1.807) is 13.4 Å². The van der Waals surface area contributed by atoms with Gasteiger partial charge in [-0.2, -0.15) is 0 Å². The zero-order valence-electron chi connectivity index (χ0n) is 16.6. The van der Waals surface area contributed by atoms with Gasteiger partial charge < -0.3 is 19.8 Å². The van der Waals surface area contributed by atoms with Crippen LogP contribution in [0.15, 0.2) is 52.1 Å². The topological polar surface area (TPSA) is 62.0 Å². The summed E-state index contributed by atoms with van der Waals surface area (Å²) in [5.74, 6) is 2.64. The van der Waals surface area contributed by atoms with Crippen molar-refractivity contribution in [1.82, 2.24) is 15.5 Å². The fourth-order valence-electron chi connectivity index (χ4n) is 2.73. The third kappa shape index (κ3) is 7.42. The molecule has 1 aromatic carbocycles. The molecule has 1 atom stereocenters. The van der Waals surface area contributed by atoms with E-state index in [0.29, 0.717) is 6.54 Å². The highest BCUT2D eigenvalue weighted by Crippen LogP contribution is 2.19. The molecule has 1 unspecified atom stereocenters. The zero-order chi connectivity index (χ0) is 18.8. The minimum Gasteiger partial charge on any atom is -0.496 e. The van der Waals surface area contributed by atoms with Crippen molar-refractivity contribution in [1.29, 1.82) is 0 Å². The molecule has 0 aliphatic rings. The summed E-state index contributed by atoms with van der Waals surface area (Å²) in [5.41, 5.74) is 1.18. The van der Waals surface area contributed by atoms with E-state index < -0.39 is 0 Å². The number of nitrogens with one attached hydrogen (secondary N) is 2. The molecule has 1 aromatic heterocycles. The van der Waals surface area contributed by atoms with Gasteiger partial charge in [-0.05, 0) is 51.2 Å². The molecule has 6 nitrogen and oxygen atoms in total. The van der Waals surface area contributed by atoms with Crippen molar-refractivity contribution in [2.45, 2.75) is 19.4 Å². The van der Waals surface area contributed by atoms with Crippen molar-refractivity contribution >= 4 is 29.9 Å². The Hall–Kier alpha value is -1.74. The fourth-order valence-corrected chi connectivity index (χ4v) is 2.73. The van der Waals surface area contributed by atoms with Gasteiger partial charge in [-0.3, -0.25) is 9.89 Å². The Bertz CT molecular complexity index is 674. The number of halogens is 1. The molecular formula is C20H31IN4O2. The molecule has 0 bridgehead atoms. The van der Waals surface area contributed by atoms with Gasteiger partial charge in [0, 0.05) is 13.1 Å². The number of benzene rings is 1. The molecular weight excluding hydrogens is 455 g/mol. The summed E-state index contributed by atoms with van der Waals surface area (Å²) in [6.45, 7) is 4.27. The molecule has 7 heteroatoms. The van der Waals surface area contributed by atoms with Crippen LogP contribution < -0.4 is 15.4 Å². The zero-order valence-corrected chi connectivity index (χ0v) is 18.9. The third-order valence-electron chi connectivity index (χ3n) is 4.14. The number of hydrogen-bond donors (Lipinski definition) is 2. The van der Waals surface area contributed by atoms with Crippen LogP contribution in [-0.2, 0) is 6.42 Å². The molecule has 1 heterocycles. The summed E-state index contributed by atoms with van der Waals surface area (Å²) < 4.78 is 11.0. The molecule has 0 spiro atoms. The number of rotatable bonds is 9. The van der Waals surface area contributed by atoms with Gasteiger partial charge in [-0.15, -0.1) is 24.0 Å². The monoisotopic (exact) mass is 486 g/mol. The lowest BCUT2D eigenvalue weighted by molar-refractivity contribution is 0.265. The number of nitrogens with zero attached hydrogens (tertiary/aromatic N) is 2. The van der Waals surface area contributed by atoms with Crippen molar-refractivity contribution < 1.29 is 9.15 Å². The van der Waals surface area contributed by atoms with E-state index in [1.165, 1.54) is 5.56 Å². The van der Waals surface area contributed by atoms with E-state index in [2.05, 4.69) is 28.5 Å². The van der Waals surface area contributed by atoms with E-state index in [-0.39, 0.29) is 30.0 Å². The molecule has 27 heavy (non-hydrogen) atoms. The van der Waals surface area contributed by atoms with E-state index in [4.69, 9.17) is 14.1 Å². The second kappa shape index (κ2) is 12.6. The summed E-state index contributed by atoms with van der Waals surface area (Å²) in [5, 5.41) is 6.69. The van der Waals surface area contributed by atoms with Gasteiger partial charge in [0.1, 0.15) is 11.5 Å². The number of methoxy groups -OCH3 is 1. The number of likely N-dealkylation sites (N-methyl/N-ethyl adjacent to an activating group) is 1. The standard InChI is InChI=1S/C20H30N4O2.HI/c1-5-21-20(22-13-12-16-9-6-7-10-18(16)25-4)23-15-17(24(2)3)19-11-8-14-26-19;/h6-11,14,17H,5,12-13,15H2,1-4H3,(H2,21,22,23);1H. The quantitative estimate of drug-likeness (QED) is 0.324. The summed E-state index contributed by atoms with van der Waals surface area (Å²) in [6.07, 6.45) is 2.57. The predicted molar refractivity (Wildman–Crippen MR) is 121 cm³/mol. The van der Waals surface area contributed by atoms with Crippen LogP contribution in [-0.4, -0.2) is 51.7 Å². The van der Waals surface area contributed by atoms with Crippen molar-refractivity contribution in [2.24, 2.45) is 4.99 Å². The number of hydrogen-bond acceptors (Lipinski definition) is 4. The molecule has 0 fully saturated rings. The summed E-state index contributed by atoms with van der Waals surface area (Å²) in [4.78, 5) is 6.84. The second-order valence-electron chi connectivity index (χ2n) is 6.20. The Labute approximate surface area is 179 Å². The smallest absolute Gasteiger partial charge is 0.191 e. The minimum atomic E-state index is 0. The fraction of sp³-hybridized carbons (Fsp3) is 0.450. The van der Waals surface area contributed by atoms with Gasteiger partial charge in [-0.1, -0.05) is 18.2 Å². The number of para-hydroxylation sites is 1. The van der Waals surface area contributed by atoms with Crippen molar-refractivity contribution in [2.75, 3.05) is 40.8 Å². The Morgan fingerprint density at radius 3 is 2.59 bits per heavy atom. The molecule has 0 aliphatic carbocycles. The second-order valence-corrected chi connectivity index (χ2v) is 6.20. The lowest BCUT2D eigenvalue weighted by Gasteiger charge is -2.21. The largest absolute Gasteiger partial charge is 0.496 e. The molecule has 0 saturated carbocycles. The number of aliphatic imine (C=N–C) groups is 1. The van der Waals surface area contributed by atoms with E-state index in [9.17, 15) is 0 Å². The Morgan fingerprint density at radius 2 is 1.96 bits per heavy atom. The van der Waals surface area contributed by atoms with E-state index >= 15 is 0 Å². The molecule has 2 N–H and O–H groups in total. The highest BCUT2D eigenvalue weighted by atomic mass is 127. The van der Waals surface area contributed by atoms with Crippen LogP contribution in [0.4, 0.5) is 0 Å². The van der Waals surface area contributed by atoms with Crippen LogP contribution >= 0.6 is 24.0 Å². The average molecular weight is 486 g/mol. The number of ether oxygens (including phenoxy) is 1. The lowest BCUT2D eigenvalue weighted by atomic mass is 10.1. The third-order valence-corrected chi connectivity index (χ3v) is 4.14. The van der Waals surface area contributed by atoms with Crippen molar-refractivity contribution in [3.8, 4) is 5.75 Å². The average Bonchev–Trinajstić information content (AvgIpc) is 3.16. The molecule has 150 valence electrons. The maximum Gasteiger partial charge on any atom is 0.191 e. The predicted octanol–water partition coefficient (Wildman–Crippen LogP) is 3.31. The number of furan rings is 1. The highest BCUT2D eigenvalue weighted by Gasteiger charge is 2.16. The maximum absolute atomic E-state index is 5.55. The van der Waals surface area contributed by atoms with Crippen molar-refractivity contribution in [3.05, 3.63) is 54.0 Å². The summed E-state index contributed by atoms with van der Waals surface area (Å²) in [6, 6.07) is 12.1. The van der Waals surface area contributed by atoms with Gasteiger partial charge in [0.2, 0.25) is 0 Å². The van der Waals surface area contributed by atoms with E-state index in [1.807, 2.05) is 44.4 Å². The lowest BCUT2D eigenvalue weighted by Crippen LogP contribution is -2.39. The van der Waals surface area contributed by atoms with Gasteiger partial charge in [-0.25, -0.2) is 0 Å². The Balaban J connectivity index is 0.00000364. The highest BCUT2D eigenvalue weighted by molar-refractivity contribution is 14.0. The molecule has 2 rings (SSSR count). The first kappa shape index (κ1) is 23.3. The first-order valence-corrected chi connectivity index (χ1v) is 8.99. The minimum absolute atomic E-state index is 0. The van der Waals surface area contributed by atoms with Crippen LogP contribution in [0.5, 0.6) is 5.75 Å². The summed E-state index contributed by atoms with van der Waals surface area (Å²) >= 11 is 0. The Kier molecular flexibility index (Phi) is 10.9. The van der Waals surface area contributed by atoms with Crippen LogP contribution in [0.2, 0.25) is 0 Å². The summed E-state index contributed by atoms with van der Waals surface area (Å²) in [7, 11) is 5.77. The number of guanidine groups is 1. The van der Waals surface area contributed by atoms with Crippen molar-refractivity contribution in [3.63, 3.8) is 0 Å². The van der Waals surface area contributed by atoms with Gasteiger partial charge >= 0.3 is 0 Å². The van der Waals surface area contributed by atoms with Crippen LogP contribution in [0.25, 0.3) is 0 Å². The molecule has 2 aromatic rings. The van der Waals surface area contributed by atoms with Crippen LogP contribution in [0.1, 0.15) is 24.3 Å². The molecule has 0 aliphatic heterocycles.